The minimum Gasteiger partial charge on any atom is -0.506 e. The van der Waals surface area contributed by atoms with E-state index >= 15 is 0 Å². The van der Waals surface area contributed by atoms with Crippen LogP contribution in [0.3, 0.4) is 0 Å². The Bertz CT molecular complexity index is 457. The van der Waals surface area contributed by atoms with Crippen molar-refractivity contribution in [2.45, 2.75) is 0 Å². The molecule has 0 aliphatic carbocycles. The van der Waals surface area contributed by atoms with Crippen LogP contribution in [0, 0.1) is 0 Å². The normalized spacial score (nSPS) is 10.6. The molecule has 4 nitrogen and oxygen atoms in total. The van der Waals surface area contributed by atoms with E-state index < -0.39 is 11.8 Å². The number of hydrogen-bond donors (Lipinski definition) is 2. The van der Waals surface area contributed by atoms with E-state index in [1.807, 2.05) is 0 Å². The van der Waals surface area contributed by atoms with Gasteiger partial charge in [0.15, 0.2) is 5.78 Å². The number of carboxylic acid groups (broad SMARTS) is 1. The Balaban J connectivity index is 3.06. The van der Waals surface area contributed by atoms with Gasteiger partial charge in [0.25, 0.3) is 0 Å². The molecule has 0 atom stereocenters. The number of phenolic OH excluding ortho intramolecular Hbond substituents is 1. The molecule has 0 aromatic heterocycles. The summed E-state index contributed by atoms with van der Waals surface area (Å²) in [4.78, 5) is 21.7. The van der Waals surface area contributed by atoms with Crippen molar-refractivity contribution in [1.82, 2.24) is 0 Å². The third kappa shape index (κ3) is 3.18. The van der Waals surface area contributed by atoms with Crippen LogP contribution in [0.1, 0.15) is 10.4 Å². The van der Waals surface area contributed by atoms with Crippen molar-refractivity contribution in [1.29, 1.82) is 0 Å². The first-order chi connectivity index (χ1) is 7.41. The number of aliphatic carboxylic acids is 1. The number of carbonyl (C=O) groups excluding carboxylic acids is 1. The summed E-state index contributed by atoms with van der Waals surface area (Å²) in [5.74, 6) is -1.66. The predicted molar refractivity (Wildman–Crippen MR) is 64.6 cm³/mol. The van der Waals surface area contributed by atoms with Gasteiger partial charge in [-0.05, 0) is 50.1 Å². The lowest BCUT2D eigenvalue weighted by molar-refractivity contribution is -0.131. The Morgan fingerprint density at radius 1 is 1.12 bits per heavy atom. The zero-order valence-electron chi connectivity index (χ0n) is 7.78. The fraction of sp³-hybridized carbons (Fsp3) is 0. The average molecular weight is 350 g/mol. The number of hydrogen-bond acceptors (Lipinski definition) is 3. The van der Waals surface area contributed by atoms with Crippen molar-refractivity contribution in [2.24, 2.45) is 0 Å². The highest BCUT2D eigenvalue weighted by molar-refractivity contribution is 9.11. The van der Waals surface area contributed by atoms with Crippen LogP contribution in [0.15, 0.2) is 33.2 Å². The minimum absolute atomic E-state index is 0.0150. The number of aromatic hydroxyl groups is 1. The number of ketones is 1. The molecule has 0 saturated carbocycles. The van der Waals surface area contributed by atoms with Crippen LogP contribution in [-0.2, 0) is 4.79 Å². The molecular formula is C10H6Br2O4. The Morgan fingerprint density at radius 3 is 2.06 bits per heavy atom. The largest absolute Gasteiger partial charge is 0.506 e. The van der Waals surface area contributed by atoms with Gasteiger partial charge in [-0.15, -0.1) is 0 Å². The molecule has 16 heavy (non-hydrogen) atoms. The van der Waals surface area contributed by atoms with Crippen LogP contribution >= 0.6 is 31.9 Å². The first kappa shape index (κ1) is 12.9. The molecule has 0 saturated heterocycles. The summed E-state index contributed by atoms with van der Waals surface area (Å²) >= 11 is 6.15. The lowest BCUT2D eigenvalue weighted by Gasteiger charge is -2.02. The number of halogens is 2. The van der Waals surface area contributed by atoms with Crippen LogP contribution < -0.4 is 0 Å². The number of rotatable bonds is 3. The van der Waals surface area contributed by atoms with Gasteiger partial charge in [0, 0.05) is 11.6 Å². The van der Waals surface area contributed by atoms with Gasteiger partial charge >= 0.3 is 5.97 Å². The number of phenols is 1. The number of benzene rings is 1. The molecule has 0 heterocycles. The van der Waals surface area contributed by atoms with Crippen LogP contribution in [0.5, 0.6) is 5.75 Å². The van der Waals surface area contributed by atoms with Crippen molar-refractivity contribution in [3.63, 3.8) is 0 Å². The van der Waals surface area contributed by atoms with E-state index in [-0.39, 0.29) is 11.3 Å². The zero-order chi connectivity index (χ0) is 12.3. The quantitative estimate of drug-likeness (QED) is 0.650. The molecule has 0 aliphatic heterocycles. The first-order valence-corrected chi connectivity index (χ1v) is 5.63. The highest BCUT2D eigenvalue weighted by Gasteiger charge is 2.09. The van der Waals surface area contributed by atoms with E-state index in [1.54, 1.807) is 0 Å². The Hall–Kier alpha value is -1.14. The molecule has 1 rings (SSSR count). The van der Waals surface area contributed by atoms with Gasteiger partial charge in [-0.2, -0.15) is 0 Å². The van der Waals surface area contributed by atoms with Crippen LogP contribution in [0.2, 0.25) is 0 Å². The van der Waals surface area contributed by atoms with E-state index in [9.17, 15) is 14.7 Å². The van der Waals surface area contributed by atoms with Gasteiger partial charge in [0.05, 0.1) is 8.95 Å². The number of carboxylic acids is 1. The molecule has 1 aromatic carbocycles. The lowest BCUT2D eigenvalue weighted by Crippen LogP contribution is -1.97. The molecule has 0 spiro atoms. The van der Waals surface area contributed by atoms with E-state index in [0.29, 0.717) is 8.95 Å². The van der Waals surface area contributed by atoms with Gasteiger partial charge < -0.3 is 10.2 Å². The molecule has 6 heteroatoms. The van der Waals surface area contributed by atoms with Crippen molar-refractivity contribution >= 4 is 43.6 Å². The van der Waals surface area contributed by atoms with Gasteiger partial charge in [0.2, 0.25) is 0 Å². The topological polar surface area (TPSA) is 74.6 Å². The Labute approximate surface area is 108 Å². The van der Waals surface area contributed by atoms with Gasteiger partial charge in [-0.25, -0.2) is 4.79 Å². The van der Waals surface area contributed by atoms with E-state index in [0.717, 1.165) is 12.2 Å². The molecular weight excluding hydrogens is 344 g/mol. The summed E-state index contributed by atoms with van der Waals surface area (Å²) in [5, 5.41) is 17.8. The predicted octanol–water partition coefficient (Wildman–Crippen LogP) is 2.74. The molecule has 1 aromatic rings. The van der Waals surface area contributed by atoms with Gasteiger partial charge in [0.1, 0.15) is 5.75 Å². The van der Waals surface area contributed by atoms with Gasteiger partial charge in [-0.1, -0.05) is 0 Å². The van der Waals surface area contributed by atoms with Crippen molar-refractivity contribution in [2.75, 3.05) is 0 Å². The second kappa shape index (κ2) is 5.27. The monoisotopic (exact) mass is 348 g/mol. The Morgan fingerprint density at radius 2 is 1.62 bits per heavy atom. The first-order valence-electron chi connectivity index (χ1n) is 4.05. The van der Waals surface area contributed by atoms with Crippen LogP contribution in [0.25, 0.3) is 0 Å². The van der Waals surface area contributed by atoms with E-state index in [2.05, 4.69) is 31.9 Å². The van der Waals surface area contributed by atoms with Crippen LogP contribution in [0.4, 0.5) is 0 Å². The SMILES string of the molecule is O=C(O)/C=C/C(=O)c1cc(Br)c(O)c(Br)c1. The van der Waals surface area contributed by atoms with Gasteiger partial charge in [-0.3, -0.25) is 4.79 Å². The van der Waals surface area contributed by atoms with Crippen molar-refractivity contribution in [3.8, 4) is 5.75 Å². The lowest BCUT2D eigenvalue weighted by atomic mass is 10.1. The number of allylic oxidation sites excluding steroid dienone is 1. The number of carbonyl (C=O) groups is 2. The second-order valence-corrected chi connectivity index (χ2v) is 4.53. The van der Waals surface area contributed by atoms with Crippen LogP contribution in [-0.4, -0.2) is 22.0 Å². The smallest absolute Gasteiger partial charge is 0.328 e. The molecule has 84 valence electrons. The fourth-order valence-corrected chi connectivity index (χ4v) is 2.14. The second-order valence-electron chi connectivity index (χ2n) is 2.82. The van der Waals surface area contributed by atoms with E-state index in [4.69, 9.17) is 5.11 Å². The summed E-state index contributed by atoms with van der Waals surface area (Å²) in [6.45, 7) is 0. The molecule has 0 amide bonds. The summed E-state index contributed by atoms with van der Waals surface area (Å²) in [6, 6.07) is 2.82. The maximum absolute atomic E-state index is 11.5. The molecule has 0 unspecified atom stereocenters. The van der Waals surface area contributed by atoms with Crippen molar-refractivity contribution < 1.29 is 19.8 Å². The Kier molecular flexibility index (Phi) is 4.26. The fourth-order valence-electron chi connectivity index (χ4n) is 0.951. The third-order valence-electron chi connectivity index (χ3n) is 1.68. The highest BCUT2D eigenvalue weighted by atomic mass is 79.9. The molecule has 0 bridgehead atoms. The molecule has 0 radical (unpaired) electrons. The summed E-state index contributed by atoms with van der Waals surface area (Å²) in [5.41, 5.74) is 0.272. The summed E-state index contributed by atoms with van der Waals surface area (Å²) < 4.78 is 0.711. The zero-order valence-corrected chi connectivity index (χ0v) is 10.9. The molecule has 0 aliphatic rings. The standard InChI is InChI=1S/C10H6Br2O4/c11-6-3-5(4-7(12)10(6)16)8(13)1-2-9(14)15/h1-4,16H,(H,14,15)/b2-1+. The average Bonchev–Trinajstić information content (AvgIpc) is 2.21. The summed E-state index contributed by atoms with van der Waals surface area (Å²) in [6.07, 6.45) is 1.71. The van der Waals surface area contributed by atoms with E-state index in [1.165, 1.54) is 12.1 Å². The minimum atomic E-state index is -1.19. The summed E-state index contributed by atoms with van der Waals surface area (Å²) in [7, 11) is 0. The maximum Gasteiger partial charge on any atom is 0.328 e. The molecule has 2 N–H and O–H groups in total. The molecule has 0 fully saturated rings. The highest BCUT2D eigenvalue weighted by Crippen LogP contribution is 2.33. The van der Waals surface area contributed by atoms with Crippen molar-refractivity contribution in [3.05, 3.63) is 38.8 Å². The third-order valence-corrected chi connectivity index (χ3v) is 2.89. The maximum atomic E-state index is 11.5.